The van der Waals surface area contributed by atoms with Gasteiger partial charge in [-0.25, -0.2) is 9.67 Å². The van der Waals surface area contributed by atoms with Crippen molar-refractivity contribution in [1.82, 2.24) is 14.8 Å². The Morgan fingerprint density at radius 1 is 0.838 bits per heavy atom. The van der Waals surface area contributed by atoms with Crippen LogP contribution in [0.3, 0.4) is 0 Å². The van der Waals surface area contributed by atoms with Gasteiger partial charge >= 0.3 is 7.60 Å². The summed E-state index contributed by atoms with van der Waals surface area (Å²) in [7, 11) is -3.34. The van der Waals surface area contributed by atoms with E-state index in [0.29, 0.717) is 0 Å². The first-order chi connectivity index (χ1) is 18.1. The van der Waals surface area contributed by atoms with E-state index in [-0.39, 0.29) is 31.6 Å². The summed E-state index contributed by atoms with van der Waals surface area (Å²) in [5.41, 5.74) is 2.10. The predicted molar refractivity (Wildman–Crippen MR) is 144 cm³/mol. The van der Waals surface area contributed by atoms with E-state index < -0.39 is 19.2 Å². The number of benzene rings is 3. The van der Waals surface area contributed by atoms with E-state index in [1.807, 2.05) is 54.6 Å². The highest BCUT2D eigenvalue weighted by molar-refractivity contribution is 7.53. The summed E-state index contributed by atoms with van der Waals surface area (Å²) in [6, 6.07) is 29.3. The van der Waals surface area contributed by atoms with Crippen molar-refractivity contribution in [1.29, 1.82) is 0 Å². The van der Waals surface area contributed by atoms with Crippen LogP contribution in [0, 0.1) is 4.91 Å². The van der Waals surface area contributed by atoms with Gasteiger partial charge in [-0.1, -0.05) is 96.2 Å². The molecule has 1 aromatic heterocycles. The van der Waals surface area contributed by atoms with Crippen molar-refractivity contribution in [2.75, 3.05) is 19.4 Å². The first kappa shape index (κ1) is 26.6. The molecule has 192 valence electrons. The lowest BCUT2D eigenvalue weighted by atomic mass is 9.77. The molecular weight excluding hydrogens is 487 g/mol. The smallest absolute Gasteiger partial charge is 0.309 e. The molecule has 1 unspecified atom stereocenters. The van der Waals surface area contributed by atoms with Crippen LogP contribution >= 0.6 is 7.60 Å². The molecule has 3 aromatic carbocycles. The third-order valence-corrected chi connectivity index (χ3v) is 8.29. The van der Waals surface area contributed by atoms with Crippen LogP contribution in [0.4, 0.5) is 0 Å². The quantitative estimate of drug-likeness (QED) is 0.113. The third kappa shape index (κ3) is 5.62. The zero-order chi connectivity index (χ0) is 26.1. The lowest BCUT2D eigenvalue weighted by Gasteiger charge is -2.35. The van der Waals surface area contributed by atoms with Crippen molar-refractivity contribution in [2.45, 2.75) is 31.8 Å². The number of nitroso groups, excluding NO2 is 1. The van der Waals surface area contributed by atoms with E-state index in [1.165, 1.54) is 0 Å². The van der Waals surface area contributed by atoms with Gasteiger partial charge < -0.3 is 9.05 Å². The van der Waals surface area contributed by atoms with Crippen LogP contribution in [0.2, 0.25) is 0 Å². The van der Waals surface area contributed by atoms with Crippen LogP contribution in [-0.2, 0) is 19.2 Å². The first-order valence-electron chi connectivity index (χ1n) is 12.4. The average Bonchev–Trinajstić information content (AvgIpc) is 3.42. The molecule has 0 aliphatic heterocycles. The molecule has 1 heterocycles. The lowest BCUT2D eigenvalue weighted by Crippen LogP contribution is -2.38. The van der Waals surface area contributed by atoms with Crippen molar-refractivity contribution < 1.29 is 13.6 Å². The fourth-order valence-corrected chi connectivity index (χ4v) is 6.27. The summed E-state index contributed by atoms with van der Waals surface area (Å²) in [6.07, 6.45) is 1.81. The Labute approximate surface area is 217 Å². The van der Waals surface area contributed by atoms with E-state index in [9.17, 15) is 9.47 Å². The average molecular weight is 519 g/mol. The Balaban J connectivity index is 1.81. The Kier molecular flexibility index (Phi) is 8.77. The van der Waals surface area contributed by atoms with Crippen molar-refractivity contribution in [2.24, 2.45) is 5.18 Å². The van der Waals surface area contributed by atoms with Gasteiger partial charge in [0, 0.05) is 0 Å². The highest BCUT2D eigenvalue weighted by Crippen LogP contribution is 2.49. The zero-order valence-corrected chi connectivity index (χ0v) is 21.9. The minimum Gasteiger partial charge on any atom is -0.309 e. The Hall–Kier alpha value is -3.45. The molecule has 9 heteroatoms. The van der Waals surface area contributed by atoms with Crippen LogP contribution in [-0.4, -0.2) is 34.1 Å². The number of rotatable bonds is 13. The molecule has 0 amide bonds. The number of aromatic nitrogens is 3. The van der Waals surface area contributed by atoms with E-state index in [0.717, 1.165) is 16.7 Å². The third-order valence-electron chi connectivity index (χ3n) is 6.18. The van der Waals surface area contributed by atoms with Gasteiger partial charge in [0.15, 0.2) is 11.9 Å². The summed E-state index contributed by atoms with van der Waals surface area (Å²) in [6.45, 7) is 4.00. The highest BCUT2D eigenvalue weighted by Gasteiger charge is 2.40. The summed E-state index contributed by atoms with van der Waals surface area (Å²) in [5, 5.41) is 8.09. The van der Waals surface area contributed by atoms with Crippen molar-refractivity contribution in [3.8, 4) is 0 Å². The van der Waals surface area contributed by atoms with Gasteiger partial charge in [0.05, 0.1) is 19.4 Å². The standard InChI is InChI=1S/C28H31N4O4P/c1-3-35-37(34,36-4-2)21-20-26(31-33)27-29-22-32(30-27)28(23-14-8-5-9-15-23,24-16-10-6-11-17-24)25-18-12-7-13-19-25/h5-19,22,26H,3-4,20-21H2,1-2H3. The molecule has 4 rings (SSSR count). The van der Waals surface area contributed by atoms with Crippen LogP contribution in [0.5, 0.6) is 0 Å². The molecule has 0 aliphatic carbocycles. The van der Waals surface area contributed by atoms with Crippen molar-refractivity contribution in [3.05, 3.63) is 125 Å². The molecule has 1 atom stereocenters. The summed E-state index contributed by atoms with van der Waals surface area (Å²) in [5.74, 6) is 0.252. The number of hydrogen-bond donors (Lipinski definition) is 0. The zero-order valence-electron chi connectivity index (χ0n) is 21.0. The Morgan fingerprint density at radius 2 is 1.30 bits per heavy atom. The van der Waals surface area contributed by atoms with Crippen molar-refractivity contribution in [3.63, 3.8) is 0 Å². The van der Waals surface area contributed by atoms with E-state index >= 15 is 0 Å². The molecule has 0 spiro atoms. The highest BCUT2D eigenvalue weighted by atomic mass is 31.2. The summed E-state index contributed by atoms with van der Waals surface area (Å²) >= 11 is 0. The minimum atomic E-state index is -3.34. The molecule has 0 radical (unpaired) electrons. The monoisotopic (exact) mass is 518 g/mol. The molecule has 0 saturated heterocycles. The second kappa shape index (κ2) is 12.2. The van der Waals surface area contributed by atoms with Gasteiger partial charge in [0.2, 0.25) is 0 Å². The maximum absolute atomic E-state index is 13.0. The molecule has 0 fully saturated rings. The van der Waals surface area contributed by atoms with Gasteiger partial charge in [0.1, 0.15) is 11.9 Å². The first-order valence-corrected chi connectivity index (χ1v) is 14.1. The Bertz CT molecular complexity index is 1210. The largest absolute Gasteiger partial charge is 0.330 e. The van der Waals surface area contributed by atoms with Crippen LogP contribution < -0.4 is 0 Å². The molecule has 4 aromatic rings. The van der Waals surface area contributed by atoms with E-state index in [2.05, 4.69) is 46.6 Å². The van der Waals surface area contributed by atoms with E-state index in [1.54, 1.807) is 24.9 Å². The minimum absolute atomic E-state index is 0.0425. The second-order valence-electron chi connectivity index (χ2n) is 8.44. The molecule has 0 aliphatic rings. The SMILES string of the molecule is CCOP(=O)(CCC(N=O)c1ncn(C(c2ccccc2)(c2ccccc2)c2ccccc2)n1)OCC. The van der Waals surface area contributed by atoms with Gasteiger partial charge in [-0.3, -0.25) is 4.57 Å². The summed E-state index contributed by atoms with van der Waals surface area (Å²) < 4.78 is 25.5. The lowest BCUT2D eigenvalue weighted by molar-refractivity contribution is 0.219. The van der Waals surface area contributed by atoms with Gasteiger partial charge in [-0.2, -0.15) is 10.0 Å². The number of nitrogens with zero attached hydrogens (tertiary/aromatic N) is 4. The summed E-state index contributed by atoms with van der Waals surface area (Å²) in [4.78, 5) is 16.4. The fraction of sp³-hybridized carbons (Fsp3) is 0.286. The Morgan fingerprint density at radius 3 is 1.70 bits per heavy atom. The predicted octanol–water partition coefficient (Wildman–Crippen LogP) is 6.58. The maximum atomic E-state index is 13.0. The van der Waals surface area contributed by atoms with Gasteiger partial charge in [-0.15, -0.1) is 0 Å². The van der Waals surface area contributed by atoms with Crippen LogP contribution in [0.1, 0.15) is 48.8 Å². The van der Waals surface area contributed by atoms with Gasteiger partial charge in [0.25, 0.3) is 0 Å². The van der Waals surface area contributed by atoms with Crippen molar-refractivity contribution >= 4 is 7.60 Å². The topological polar surface area (TPSA) is 95.7 Å². The van der Waals surface area contributed by atoms with E-state index in [4.69, 9.17) is 14.1 Å². The molecule has 8 nitrogen and oxygen atoms in total. The molecular formula is C28H31N4O4P. The number of hydrogen-bond acceptors (Lipinski definition) is 7. The second-order valence-corrected chi connectivity index (χ2v) is 10.6. The fourth-order valence-electron chi connectivity index (χ4n) is 4.59. The van der Waals surface area contributed by atoms with Gasteiger partial charge in [-0.05, 0) is 37.0 Å². The molecule has 0 saturated carbocycles. The normalized spacial score (nSPS) is 12.8. The molecule has 0 bridgehead atoms. The molecule has 37 heavy (non-hydrogen) atoms. The molecule has 0 N–H and O–H groups in total. The van der Waals surface area contributed by atoms with Crippen LogP contribution in [0.15, 0.2) is 102 Å². The van der Waals surface area contributed by atoms with Crippen LogP contribution in [0.25, 0.3) is 0 Å². The maximum Gasteiger partial charge on any atom is 0.330 e.